The Morgan fingerprint density at radius 2 is 2.11 bits per heavy atom. The molecule has 0 aliphatic carbocycles. The summed E-state index contributed by atoms with van der Waals surface area (Å²) in [5.41, 5.74) is 5.66. The molecule has 1 aromatic rings. The highest BCUT2D eigenvalue weighted by molar-refractivity contribution is 7.99. The number of aliphatic carboxylic acids is 1. The summed E-state index contributed by atoms with van der Waals surface area (Å²) in [6, 6.07) is 1.71. The van der Waals surface area contributed by atoms with Crippen LogP contribution in [0.3, 0.4) is 0 Å². The van der Waals surface area contributed by atoms with E-state index >= 15 is 0 Å². The third-order valence-corrected chi connectivity index (χ3v) is 4.78. The number of alkyl carbamates (subject to hydrolysis) is 1. The van der Waals surface area contributed by atoms with Crippen LogP contribution in [0.15, 0.2) is 12.1 Å². The number of nitrogens with zero attached hydrogens (tertiary/aromatic N) is 1. The number of fused-ring (bicyclic) bond motifs is 1. The number of carboxylic acid groups (broad SMARTS) is 1. The van der Waals surface area contributed by atoms with E-state index < -0.39 is 23.0 Å². The standard InChI is InChI=1S/C15H19N3O8S/c1-8(27-3-2-24-15(21)17-6-10(16)14(19)20)9-4-12-13(26-7-25-12)5-11(9)18(22)23/h4-5,8,10H,2-3,6-7,16H2,1H3,(H,17,21)(H,19,20)/t8?,10-/m1/s1. The lowest BCUT2D eigenvalue weighted by atomic mass is 10.1. The van der Waals surface area contributed by atoms with Gasteiger partial charge in [-0.3, -0.25) is 14.9 Å². The monoisotopic (exact) mass is 401 g/mol. The van der Waals surface area contributed by atoms with Gasteiger partial charge in [0.1, 0.15) is 12.6 Å². The third-order valence-electron chi connectivity index (χ3n) is 3.62. The number of carbonyl (C=O) groups excluding carboxylic acids is 1. The van der Waals surface area contributed by atoms with Gasteiger partial charge in [0.2, 0.25) is 6.79 Å². The van der Waals surface area contributed by atoms with Gasteiger partial charge in [0.05, 0.1) is 11.0 Å². The minimum Gasteiger partial charge on any atom is -0.480 e. The molecule has 0 saturated carbocycles. The van der Waals surface area contributed by atoms with Crippen molar-refractivity contribution < 1.29 is 33.8 Å². The van der Waals surface area contributed by atoms with Gasteiger partial charge in [0.25, 0.3) is 5.69 Å². The maximum absolute atomic E-state index is 11.4. The molecule has 1 aromatic carbocycles. The van der Waals surface area contributed by atoms with Gasteiger partial charge >= 0.3 is 12.1 Å². The zero-order chi connectivity index (χ0) is 20.0. The Morgan fingerprint density at radius 3 is 2.74 bits per heavy atom. The van der Waals surface area contributed by atoms with Crippen LogP contribution in [0.2, 0.25) is 0 Å². The van der Waals surface area contributed by atoms with Gasteiger partial charge < -0.3 is 30.4 Å². The molecule has 0 radical (unpaired) electrons. The summed E-state index contributed by atoms with van der Waals surface area (Å²) in [5.74, 6) is -0.0637. The van der Waals surface area contributed by atoms with Gasteiger partial charge in [-0.2, -0.15) is 11.8 Å². The summed E-state index contributed by atoms with van der Waals surface area (Å²) in [7, 11) is 0. The molecule has 0 bridgehead atoms. The molecule has 27 heavy (non-hydrogen) atoms. The Labute approximate surface area is 158 Å². The summed E-state index contributed by atoms with van der Waals surface area (Å²) in [5, 5.41) is 21.9. The van der Waals surface area contributed by atoms with Gasteiger partial charge in [-0.25, -0.2) is 4.79 Å². The highest BCUT2D eigenvalue weighted by Gasteiger charge is 2.26. The van der Waals surface area contributed by atoms with E-state index in [1.54, 1.807) is 13.0 Å². The second-order valence-corrected chi connectivity index (χ2v) is 6.94. The summed E-state index contributed by atoms with van der Waals surface area (Å²) in [6.45, 7) is 1.61. The fourth-order valence-electron chi connectivity index (χ4n) is 2.21. The number of nitro benzene ring substituents is 1. The molecule has 0 saturated heterocycles. The molecular weight excluding hydrogens is 382 g/mol. The van der Waals surface area contributed by atoms with E-state index in [1.165, 1.54) is 17.8 Å². The Hall–Kier alpha value is -2.73. The normalized spacial score (nSPS) is 14.3. The second-order valence-electron chi connectivity index (χ2n) is 5.50. The molecule has 1 aliphatic rings. The van der Waals surface area contributed by atoms with E-state index in [-0.39, 0.29) is 30.9 Å². The maximum atomic E-state index is 11.4. The first-order valence-electron chi connectivity index (χ1n) is 7.88. The van der Waals surface area contributed by atoms with Crippen molar-refractivity contribution in [3.8, 4) is 11.5 Å². The summed E-state index contributed by atoms with van der Waals surface area (Å²) in [6.07, 6.45) is -0.783. The Bertz CT molecular complexity index is 729. The van der Waals surface area contributed by atoms with Gasteiger partial charge in [-0.05, 0) is 13.0 Å². The SMILES string of the molecule is CC(SCCOC(=O)NC[C@@H](N)C(=O)O)c1cc2c(cc1[N+](=O)[O-])OCO2. The second kappa shape index (κ2) is 9.28. The molecule has 4 N–H and O–H groups in total. The highest BCUT2D eigenvalue weighted by Crippen LogP contribution is 2.43. The van der Waals surface area contributed by atoms with Gasteiger partial charge in [0.15, 0.2) is 11.5 Å². The van der Waals surface area contributed by atoms with Crippen LogP contribution in [0.4, 0.5) is 10.5 Å². The number of nitrogens with one attached hydrogen (secondary N) is 1. The smallest absolute Gasteiger partial charge is 0.407 e. The maximum Gasteiger partial charge on any atom is 0.407 e. The minimum absolute atomic E-state index is 0.0198. The summed E-state index contributed by atoms with van der Waals surface area (Å²) < 4.78 is 15.3. The topological polar surface area (TPSA) is 163 Å². The number of amides is 1. The number of carbonyl (C=O) groups is 2. The van der Waals surface area contributed by atoms with Crippen molar-refractivity contribution in [1.82, 2.24) is 5.32 Å². The van der Waals surface area contributed by atoms with Crippen LogP contribution in [-0.4, -0.2) is 53.8 Å². The summed E-state index contributed by atoms with van der Waals surface area (Å²) in [4.78, 5) is 32.8. The molecule has 11 nitrogen and oxygen atoms in total. The number of ether oxygens (including phenoxy) is 3. The Balaban J connectivity index is 1.82. The lowest BCUT2D eigenvalue weighted by molar-refractivity contribution is -0.385. The van der Waals surface area contributed by atoms with Crippen molar-refractivity contribution >= 4 is 29.5 Å². The Kier molecular flexibility index (Phi) is 7.07. The molecule has 2 rings (SSSR count). The lowest BCUT2D eigenvalue weighted by Crippen LogP contribution is -2.42. The molecule has 1 unspecified atom stereocenters. The van der Waals surface area contributed by atoms with Crippen LogP contribution in [0.1, 0.15) is 17.7 Å². The predicted octanol–water partition coefficient (Wildman–Crippen LogP) is 1.26. The van der Waals surface area contributed by atoms with E-state index in [0.29, 0.717) is 22.8 Å². The van der Waals surface area contributed by atoms with Crippen molar-refractivity contribution in [2.75, 3.05) is 25.7 Å². The zero-order valence-electron chi connectivity index (χ0n) is 14.4. The lowest BCUT2D eigenvalue weighted by Gasteiger charge is -2.13. The van der Waals surface area contributed by atoms with Crippen molar-refractivity contribution in [1.29, 1.82) is 0 Å². The number of carboxylic acids is 1. The average molecular weight is 401 g/mol. The molecular formula is C15H19N3O8S. The third kappa shape index (κ3) is 5.62. The first kappa shape index (κ1) is 20.6. The number of benzene rings is 1. The quantitative estimate of drug-likeness (QED) is 0.312. The fourth-order valence-corrected chi connectivity index (χ4v) is 3.11. The van der Waals surface area contributed by atoms with Crippen molar-refractivity contribution in [2.45, 2.75) is 18.2 Å². The van der Waals surface area contributed by atoms with Crippen LogP contribution in [0, 0.1) is 10.1 Å². The van der Waals surface area contributed by atoms with Crippen LogP contribution in [0.25, 0.3) is 0 Å². The molecule has 1 amide bonds. The van der Waals surface area contributed by atoms with E-state index in [4.69, 9.17) is 25.1 Å². The highest BCUT2D eigenvalue weighted by atomic mass is 32.2. The van der Waals surface area contributed by atoms with Crippen molar-refractivity contribution in [3.63, 3.8) is 0 Å². The zero-order valence-corrected chi connectivity index (χ0v) is 15.2. The van der Waals surface area contributed by atoms with Crippen molar-refractivity contribution in [2.24, 2.45) is 5.73 Å². The Morgan fingerprint density at radius 1 is 1.44 bits per heavy atom. The van der Waals surface area contributed by atoms with Gasteiger partial charge in [0, 0.05) is 23.1 Å². The number of nitrogens with two attached hydrogens (primary N) is 1. The average Bonchev–Trinajstić information content (AvgIpc) is 3.09. The number of nitro groups is 1. The molecule has 148 valence electrons. The predicted molar refractivity (Wildman–Crippen MR) is 95.1 cm³/mol. The first-order chi connectivity index (χ1) is 12.8. The molecule has 0 aromatic heterocycles. The number of rotatable bonds is 9. The number of hydrogen-bond donors (Lipinski definition) is 3. The van der Waals surface area contributed by atoms with Gasteiger partial charge in [-0.15, -0.1) is 0 Å². The molecule has 0 spiro atoms. The van der Waals surface area contributed by atoms with Crippen molar-refractivity contribution in [3.05, 3.63) is 27.8 Å². The van der Waals surface area contributed by atoms with E-state index in [2.05, 4.69) is 5.32 Å². The first-order valence-corrected chi connectivity index (χ1v) is 8.93. The van der Waals surface area contributed by atoms with E-state index in [1.807, 2.05) is 0 Å². The molecule has 2 atom stereocenters. The number of thioether (sulfide) groups is 1. The fraction of sp³-hybridized carbons (Fsp3) is 0.467. The van der Waals surface area contributed by atoms with E-state index in [9.17, 15) is 19.7 Å². The van der Waals surface area contributed by atoms with E-state index in [0.717, 1.165) is 0 Å². The molecule has 12 heteroatoms. The minimum atomic E-state index is -1.23. The van der Waals surface area contributed by atoms with Crippen LogP contribution >= 0.6 is 11.8 Å². The molecule has 1 heterocycles. The largest absolute Gasteiger partial charge is 0.480 e. The van der Waals surface area contributed by atoms with Crippen LogP contribution < -0.4 is 20.5 Å². The molecule has 0 fully saturated rings. The molecule has 1 aliphatic heterocycles. The van der Waals surface area contributed by atoms with Gasteiger partial charge in [-0.1, -0.05) is 0 Å². The van der Waals surface area contributed by atoms with Crippen LogP contribution in [0.5, 0.6) is 11.5 Å². The van der Waals surface area contributed by atoms with Crippen LogP contribution in [-0.2, 0) is 9.53 Å². The summed E-state index contributed by atoms with van der Waals surface area (Å²) >= 11 is 1.35. The number of hydrogen-bond acceptors (Lipinski definition) is 9.